The molecule has 0 unspecified atom stereocenters. The van der Waals surface area contributed by atoms with Gasteiger partial charge in [-0.3, -0.25) is 0 Å². The van der Waals surface area contributed by atoms with Gasteiger partial charge in [-0.15, -0.1) is 0 Å². The number of likely N-dealkylation sites (tertiary alicyclic amines) is 1. The van der Waals surface area contributed by atoms with Crippen molar-refractivity contribution in [3.8, 4) is 6.07 Å². The molecule has 0 bridgehead atoms. The minimum absolute atomic E-state index is 0.0637. The summed E-state index contributed by atoms with van der Waals surface area (Å²) >= 11 is 0. The number of hydrogen-bond acceptors (Lipinski definition) is 3. The maximum Gasteiger partial charge on any atom is 0.416 e. The van der Waals surface area contributed by atoms with Crippen LogP contribution in [0.25, 0.3) is 0 Å². The molecule has 0 N–H and O–H groups in total. The number of alkyl halides is 3. The van der Waals surface area contributed by atoms with Crippen molar-refractivity contribution in [1.29, 1.82) is 5.26 Å². The number of benzene rings is 1. The lowest BCUT2D eigenvalue weighted by molar-refractivity contribution is -0.137. The first kappa shape index (κ1) is 15.6. The molecule has 6 heteroatoms. The summed E-state index contributed by atoms with van der Waals surface area (Å²) < 4.78 is 38.0. The molecule has 1 aromatic rings. The van der Waals surface area contributed by atoms with Crippen LogP contribution in [0.3, 0.4) is 0 Å². The van der Waals surface area contributed by atoms with Crippen molar-refractivity contribution in [2.45, 2.75) is 19.0 Å². The van der Waals surface area contributed by atoms with Crippen molar-refractivity contribution in [2.24, 2.45) is 0 Å². The second-order valence-electron chi connectivity index (χ2n) is 5.31. The highest BCUT2D eigenvalue weighted by Crippen LogP contribution is 2.32. The monoisotopic (exact) mass is 297 g/mol. The van der Waals surface area contributed by atoms with Gasteiger partial charge in [-0.25, -0.2) is 0 Å². The fraction of sp³-hybridized carbons (Fsp3) is 0.533. The van der Waals surface area contributed by atoms with Crippen LogP contribution in [0.15, 0.2) is 18.2 Å². The first-order chi connectivity index (χ1) is 9.91. The van der Waals surface area contributed by atoms with Crippen LogP contribution in [0, 0.1) is 11.3 Å². The van der Waals surface area contributed by atoms with Crippen molar-refractivity contribution in [3.05, 3.63) is 29.3 Å². The lowest BCUT2D eigenvalue weighted by Gasteiger charge is -2.24. The molecule has 114 valence electrons. The van der Waals surface area contributed by atoms with Crippen molar-refractivity contribution < 1.29 is 13.2 Å². The zero-order valence-electron chi connectivity index (χ0n) is 12.0. The van der Waals surface area contributed by atoms with E-state index in [0.29, 0.717) is 12.2 Å². The molecule has 0 spiro atoms. The Morgan fingerprint density at radius 3 is 2.52 bits per heavy atom. The topological polar surface area (TPSA) is 30.3 Å². The summed E-state index contributed by atoms with van der Waals surface area (Å²) in [5.41, 5.74) is -0.172. The van der Waals surface area contributed by atoms with E-state index in [1.54, 1.807) is 7.05 Å². The Kier molecular flexibility index (Phi) is 4.73. The highest BCUT2D eigenvalue weighted by Gasteiger charge is 2.31. The Morgan fingerprint density at radius 2 is 1.95 bits per heavy atom. The largest absolute Gasteiger partial charge is 0.416 e. The first-order valence-corrected chi connectivity index (χ1v) is 6.96. The van der Waals surface area contributed by atoms with E-state index in [0.717, 1.165) is 31.8 Å². The Labute approximate surface area is 122 Å². The van der Waals surface area contributed by atoms with Crippen molar-refractivity contribution in [1.82, 2.24) is 4.90 Å². The zero-order chi connectivity index (χ0) is 15.5. The molecule has 3 nitrogen and oxygen atoms in total. The average Bonchev–Trinajstić information content (AvgIpc) is 2.96. The van der Waals surface area contributed by atoms with E-state index >= 15 is 0 Å². The van der Waals surface area contributed by atoms with Gasteiger partial charge in [0.05, 0.1) is 16.8 Å². The molecule has 1 heterocycles. The molecule has 0 aromatic heterocycles. The lowest BCUT2D eigenvalue weighted by Crippen LogP contribution is -2.31. The van der Waals surface area contributed by atoms with Crippen LogP contribution in [0.5, 0.6) is 0 Å². The lowest BCUT2D eigenvalue weighted by atomic mass is 10.1. The predicted octanol–water partition coefficient (Wildman–Crippen LogP) is 3.11. The third-order valence-electron chi connectivity index (χ3n) is 3.81. The minimum Gasteiger partial charge on any atom is -0.372 e. The molecule has 0 atom stereocenters. The molecule has 1 aliphatic rings. The van der Waals surface area contributed by atoms with Gasteiger partial charge in [-0.05, 0) is 44.1 Å². The van der Waals surface area contributed by atoms with E-state index < -0.39 is 11.7 Å². The molecule has 1 fully saturated rings. The standard InChI is InChI=1S/C15H18F3N3/c1-20(8-9-21-6-2-3-7-21)14-5-4-13(15(16,17)18)10-12(14)11-19/h4-5,10H,2-3,6-9H2,1H3. The number of hydrogen-bond donors (Lipinski definition) is 0. The summed E-state index contributed by atoms with van der Waals surface area (Å²) in [6.07, 6.45) is -2.01. The maximum absolute atomic E-state index is 12.7. The normalized spacial score (nSPS) is 16.0. The average molecular weight is 297 g/mol. The molecule has 0 radical (unpaired) electrons. The number of anilines is 1. The van der Waals surface area contributed by atoms with Gasteiger partial charge in [0.1, 0.15) is 6.07 Å². The van der Waals surface area contributed by atoms with E-state index in [1.165, 1.54) is 18.9 Å². The number of halogens is 3. The second-order valence-corrected chi connectivity index (χ2v) is 5.31. The van der Waals surface area contributed by atoms with Crippen molar-refractivity contribution >= 4 is 5.69 Å². The summed E-state index contributed by atoms with van der Waals surface area (Å²) in [7, 11) is 1.81. The molecule has 21 heavy (non-hydrogen) atoms. The van der Waals surface area contributed by atoms with Gasteiger partial charge < -0.3 is 9.80 Å². The molecule has 0 aliphatic carbocycles. The summed E-state index contributed by atoms with van der Waals surface area (Å²) in [6, 6.07) is 5.19. The van der Waals surface area contributed by atoms with Gasteiger partial charge in [0.25, 0.3) is 0 Å². The third-order valence-corrected chi connectivity index (χ3v) is 3.81. The van der Waals surface area contributed by atoms with Crippen LogP contribution in [0.1, 0.15) is 24.0 Å². The SMILES string of the molecule is CN(CCN1CCCC1)c1ccc(C(F)(F)F)cc1C#N. The zero-order valence-corrected chi connectivity index (χ0v) is 12.0. The smallest absolute Gasteiger partial charge is 0.372 e. The van der Waals surface area contributed by atoms with E-state index in [4.69, 9.17) is 5.26 Å². The summed E-state index contributed by atoms with van der Waals surface area (Å²) in [4.78, 5) is 4.17. The third kappa shape index (κ3) is 3.88. The summed E-state index contributed by atoms with van der Waals surface area (Å²) in [5, 5.41) is 9.08. The van der Waals surface area contributed by atoms with E-state index in [-0.39, 0.29) is 5.56 Å². The van der Waals surface area contributed by atoms with E-state index in [1.807, 2.05) is 11.0 Å². The number of likely N-dealkylation sites (N-methyl/N-ethyl adjacent to an activating group) is 1. The Morgan fingerprint density at radius 1 is 1.29 bits per heavy atom. The van der Waals surface area contributed by atoms with Gasteiger partial charge in [0.15, 0.2) is 0 Å². The van der Waals surface area contributed by atoms with Crippen LogP contribution in [-0.4, -0.2) is 38.1 Å². The van der Waals surface area contributed by atoms with E-state index in [9.17, 15) is 13.2 Å². The summed E-state index contributed by atoms with van der Waals surface area (Å²) in [5.74, 6) is 0. The highest BCUT2D eigenvalue weighted by molar-refractivity contribution is 5.60. The van der Waals surface area contributed by atoms with Crippen molar-refractivity contribution in [3.63, 3.8) is 0 Å². The van der Waals surface area contributed by atoms with Crippen molar-refractivity contribution in [2.75, 3.05) is 38.1 Å². The van der Waals surface area contributed by atoms with Crippen LogP contribution in [0.4, 0.5) is 18.9 Å². The van der Waals surface area contributed by atoms with Gasteiger partial charge in [-0.2, -0.15) is 18.4 Å². The number of rotatable bonds is 4. The molecule has 1 aliphatic heterocycles. The van der Waals surface area contributed by atoms with Gasteiger partial charge >= 0.3 is 6.18 Å². The molecule has 2 rings (SSSR count). The molecular formula is C15H18F3N3. The van der Waals surface area contributed by atoms with Crippen LogP contribution >= 0.6 is 0 Å². The molecule has 0 saturated carbocycles. The van der Waals surface area contributed by atoms with Crippen LogP contribution in [-0.2, 0) is 6.18 Å². The van der Waals surface area contributed by atoms with Gasteiger partial charge in [-0.1, -0.05) is 0 Å². The van der Waals surface area contributed by atoms with Gasteiger partial charge in [0.2, 0.25) is 0 Å². The van der Waals surface area contributed by atoms with Crippen LogP contribution < -0.4 is 4.90 Å². The minimum atomic E-state index is -4.42. The molecule has 0 amide bonds. The molecule has 1 saturated heterocycles. The Balaban J connectivity index is 2.09. The predicted molar refractivity (Wildman–Crippen MR) is 75.1 cm³/mol. The molecule has 1 aromatic carbocycles. The fourth-order valence-corrected chi connectivity index (χ4v) is 2.55. The maximum atomic E-state index is 12.7. The Hall–Kier alpha value is -1.74. The number of nitriles is 1. The van der Waals surface area contributed by atoms with Gasteiger partial charge in [0, 0.05) is 20.1 Å². The highest BCUT2D eigenvalue weighted by atomic mass is 19.4. The van der Waals surface area contributed by atoms with Crippen LogP contribution in [0.2, 0.25) is 0 Å². The Bertz CT molecular complexity index is 528. The summed E-state index contributed by atoms with van der Waals surface area (Å²) in [6.45, 7) is 3.71. The quantitative estimate of drug-likeness (QED) is 0.855. The fourth-order valence-electron chi connectivity index (χ4n) is 2.55. The molecular weight excluding hydrogens is 279 g/mol. The first-order valence-electron chi connectivity index (χ1n) is 6.96. The van der Waals surface area contributed by atoms with E-state index in [2.05, 4.69) is 4.90 Å². The number of nitrogens with zero attached hydrogens (tertiary/aromatic N) is 3. The second kappa shape index (κ2) is 6.35.